The fourth-order valence-electron chi connectivity index (χ4n) is 2.38. The van der Waals surface area contributed by atoms with E-state index in [1.807, 2.05) is 24.4 Å². The zero-order valence-electron chi connectivity index (χ0n) is 9.41. The minimum atomic E-state index is 0.395. The van der Waals surface area contributed by atoms with Crippen molar-refractivity contribution in [2.45, 2.75) is 18.9 Å². The zero-order chi connectivity index (χ0) is 11.7. The van der Waals surface area contributed by atoms with Gasteiger partial charge in [-0.25, -0.2) is 0 Å². The lowest BCUT2D eigenvalue weighted by atomic mass is 10.0. The molecule has 0 amide bonds. The summed E-state index contributed by atoms with van der Waals surface area (Å²) in [5.41, 5.74) is 3.44. The van der Waals surface area contributed by atoms with E-state index in [4.69, 9.17) is 11.6 Å². The Balaban J connectivity index is 2.00. The summed E-state index contributed by atoms with van der Waals surface area (Å²) in [4.78, 5) is 0. The summed E-state index contributed by atoms with van der Waals surface area (Å²) in [6.07, 6.45) is 4.26. The lowest BCUT2D eigenvalue weighted by Crippen LogP contribution is -2.14. The van der Waals surface area contributed by atoms with E-state index in [2.05, 4.69) is 21.6 Å². The third-order valence-electron chi connectivity index (χ3n) is 3.21. The van der Waals surface area contributed by atoms with Crippen molar-refractivity contribution >= 4 is 11.6 Å². The molecule has 17 heavy (non-hydrogen) atoms. The third-order valence-corrected chi connectivity index (χ3v) is 3.45. The molecule has 1 saturated heterocycles. The number of benzene rings is 1. The highest BCUT2D eigenvalue weighted by atomic mass is 35.5. The van der Waals surface area contributed by atoms with Crippen LogP contribution in [0.5, 0.6) is 0 Å². The van der Waals surface area contributed by atoms with E-state index in [9.17, 15) is 0 Å². The number of nitrogens with zero attached hydrogens (tertiary/aromatic N) is 1. The number of H-pyrrole nitrogens is 1. The molecule has 1 aliphatic heterocycles. The van der Waals surface area contributed by atoms with Crippen LogP contribution in [0.4, 0.5) is 0 Å². The van der Waals surface area contributed by atoms with E-state index >= 15 is 0 Å². The maximum atomic E-state index is 6.03. The molecule has 3 nitrogen and oxygen atoms in total. The van der Waals surface area contributed by atoms with Crippen molar-refractivity contribution in [1.29, 1.82) is 0 Å². The van der Waals surface area contributed by atoms with Gasteiger partial charge in [0, 0.05) is 16.6 Å². The van der Waals surface area contributed by atoms with Gasteiger partial charge in [0.05, 0.1) is 11.9 Å². The van der Waals surface area contributed by atoms with Gasteiger partial charge in [-0.15, -0.1) is 0 Å². The van der Waals surface area contributed by atoms with E-state index in [-0.39, 0.29) is 0 Å². The number of aromatic nitrogens is 2. The van der Waals surface area contributed by atoms with Gasteiger partial charge in [-0.3, -0.25) is 5.10 Å². The van der Waals surface area contributed by atoms with Crippen molar-refractivity contribution < 1.29 is 0 Å². The van der Waals surface area contributed by atoms with Gasteiger partial charge in [0.25, 0.3) is 0 Å². The maximum Gasteiger partial charge on any atom is 0.0599 e. The molecule has 1 aromatic heterocycles. The van der Waals surface area contributed by atoms with Crippen LogP contribution in [0.2, 0.25) is 5.02 Å². The Morgan fingerprint density at radius 2 is 2.29 bits per heavy atom. The van der Waals surface area contributed by atoms with E-state index in [1.54, 1.807) is 0 Å². The molecule has 0 unspecified atom stereocenters. The molecule has 1 atom stereocenters. The Morgan fingerprint density at radius 3 is 3.06 bits per heavy atom. The second-order valence-corrected chi connectivity index (χ2v) is 4.79. The Bertz CT molecular complexity index is 515. The van der Waals surface area contributed by atoms with Gasteiger partial charge in [-0.05, 0) is 37.1 Å². The summed E-state index contributed by atoms with van der Waals surface area (Å²) in [5, 5.41) is 11.5. The number of halogens is 1. The van der Waals surface area contributed by atoms with Crippen LogP contribution in [-0.2, 0) is 0 Å². The summed E-state index contributed by atoms with van der Waals surface area (Å²) in [7, 11) is 0. The summed E-state index contributed by atoms with van der Waals surface area (Å²) < 4.78 is 0. The van der Waals surface area contributed by atoms with Crippen molar-refractivity contribution in [2.75, 3.05) is 6.54 Å². The van der Waals surface area contributed by atoms with Crippen LogP contribution in [0.25, 0.3) is 11.1 Å². The van der Waals surface area contributed by atoms with Crippen LogP contribution in [0.15, 0.2) is 30.5 Å². The van der Waals surface area contributed by atoms with Gasteiger partial charge >= 0.3 is 0 Å². The third kappa shape index (κ3) is 2.08. The van der Waals surface area contributed by atoms with Gasteiger partial charge < -0.3 is 5.32 Å². The van der Waals surface area contributed by atoms with E-state index in [1.165, 1.54) is 12.1 Å². The fourth-order valence-corrected chi connectivity index (χ4v) is 2.57. The average molecular weight is 248 g/mol. The highest BCUT2D eigenvalue weighted by Crippen LogP contribution is 2.31. The summed E-state index contributed by atoms with van der Waals surface area (Å²) in [6, 6.07) is 8.29. The predicted molar refractivity (Wildman–Crippen MR) is 69.0 cm³/mol. The molecular weight excluding hydrogens is 234 g/mol. The monoisotopic (exact) mass is 247 g/mol. The highest BCUT2D eigenvalue weighted by molar-refractivity contribution is 6.30. The molecule has 3 rings (SSSR count). The topological polar surface area (TPSA) is 40.7 Å². The quantitative estimate of drug-likeness (QED) is 0.856. The number of hydrogen-bond acceptors (Lipinski definition) is 2. The van der Waals surface area contributed by atoms with Crippen molar-refractivity contribution in [1.82, 2.24) is 15.5 Å². The zero-order valence-corrected chi connectivity index (χ0v) is 10.2. The second kappa shape index (κ2) is 4.51. The van der Waals surface area contributed by atoms with Gasteiger partial charge in [-0.2, -0.15) is 5.10 Å². The molecule has 2 aromatic rings. The van der Waals surface area contributed by atoms with E-state index in [0.29, 0.717) is 6.04 Å². The molecule has 0 radical (unpaired) electrons. The lowest BCUT2D eigenvalue weighted by molar-refractivity contribution is 0.626. The van der Waals surface area contributed by atoms with Crippen molar-refractivity contribution in [3.8, 4) is 11.1 Å². The first kappa shape index (κ1) is 10.8. The van der Waals surface area contributed by atoms with E-state index < -0.39 is 0 Å². The average Bonchev–Trinajstić information content (AvgIpc) is 3.00. The minimum Gasteiger partial charge on any atom is -0.309 e. The molecule has 1 aliphatic rings. The first-order valence-corrected chi connectivity index (χ1v) is 6.25. The van der Waals surface area contributed by atoms with Gasteiger partial charge in [-0.1, -0.05) is 23.7 Å². The van der Waals surface area contributed by atoms with Gasteiger partial charge in [0.2, 0.25) is 0 Å². The van der Waals surface area contributed by atoms with Gasteiger partial charge in [0.15, 0.2) is 0 Å². The second-order valence-electron chi connectivity index (χ2n) is 4.36. The number of aromatic amines is 1. The van der Waals surface area contributed by atoms with Crippen LogP contribution in [-0.4, -0.2) is 16.7 Å². The smallest absolute Gasteiger partial charge is 0.0599 e. The fraction of sp³-hybridized carbons (Fsp3) is 0.308. The van der Waals surface area contributed by atoms with Gasteiger partial charge in [0.1, 0.15) is 0 Å². The normalized spacial score (nSPS) is 19.7. The molecule has 2 heterocycles. The van der Waals surface area contributed by atoms with Crippen LogP contribution in [0.3, 0.4) is 0 Å². The number of nitrogens with one attached hydrogen (secondary N) is 2. The standard InChI is InChI=1S/C13H14ClN3/c14-10-4-1-3-9(7-10)11-8-16-17-13(11)12-5-2-6-15-12/h1,3-4,7-8,12,15H,2,5-6H2,(H,16,17)/t12-/m1/s1. The highest BCUT2D eigenvalue weighted by Gasteiger charge is 2.21. The molecule has 2 N–H and O–H groups in total. The predicted octanol–water partition coefficient (Wildman–Crippen LogP) is 3.15. The van der Waals surface area contributed by atoms with Crippen molar-refractivity contribution in [2.24, 2.45) is 0 Å². The largest absolute Gasteiger partial charge is 0.309 e. The molecule has 88 valence electrons. The maximum absolute atomic E-state index is 6.03. The molecule has 0 saturated carbocycles. The summed E-state index contributed by atoms with van der Waals surface area (Å²) >= 11 is 6.03. The molecule has 0 spiro atoms. The molecular formula is C13H14ClN3. The lowest BCUT2D eigenvalue weighted by Gasteiger charge is -2.10. The van der Waals surface area contributed by atoms with Crippen molar-refractivity contribution in [3.05, 3.63) is 41.2 Å². The molecule has 4 heteroatoms. The van der Waals surface area contributed by atoms with Crippen LogP contribution in [0.1, 0.15) is 24.6 Å². The Morgan fingerprint density at radius 1 is 1.35 bits per heavy atom. The van der Waals surface area contributed by atoms with Crippen molar-refractivity contribution in [3.63, 3.8) is 0 Å². The Hall–Kier alpha value is -1.32. The minimum absolute atomic E-state index is 0.395. The summed E-state index contributed by atoms with van der Waals surface area (Å²) in [5.74, 6) is 0. The Kier molecular flexibility index (Phi) is 2.87. The molecule has 0 bridgehead atoms. The Labute approximate surface area is 105 Å². The molecule has 1 aromatic carbocycles. The van der Waals surface area contributed by atoms with E-state index in [0.717, 1.165) is 29.1 Å². The first-order valence-electron chi connectivity index (χ1n) is 5.87. The summed E-state index contributed by atoms with van der Waals surface area (Å²) in [6.45, 7) is 1.08. The first-order chi connectivity index (χ1) is 8.34. The van der Waals surface area contributed by atoms with Crippen LogP contribution < -0.4 is 5.32 Å². The molecule has 1 fully saturated rings. The molecule has 0 aliphatic carbocycles. The SMILES string of the molecule is Clc1cccc(-c2cn[nH]c2[C@H]2CCCN2)c1. The van der Waals surface area contributed by atoms with Crippen LogP contribution >= 0.6 is 11.6 Å². The number of hydrogen-bond donors (Lipinski definition) is 2. The van der Waals surface area contributed by atoms with Crippen LogP contribution in [0, 0.1) is 0 Å². The number of rotatable bonds is 2.